The molecule has 0 spiro atoms. The highest BCUT2D eigenvalue weighted by Crippen LogP contribution is 2.43. The molecule has 2 N–H and O–H groups in total. The summed E-state index contributed by atoms with van der Waals surface area (Å²) in [7, 11) is 1.87. The second kappa shape index (κ2) is 6.64. The van der Waals surface area contributed by atoms with E-state index < -0.39 is 0 Å². The van der Waals surface area contributed by atoms with Crippen LogP contribution in [-0.2, 0) is 11.8 Å². The number of hydrogen-bond donors (Lipinski definition) is 2. The van der Waals surface area contributed by atoms with Gasteiger partial charge in [-0.25, -0.2) is 0 Å². The van der Waals surface area contributed by atoms with Gasteiger partial charge in [0.1, 0.15) is 12.1 Å². The molecule has 0 saturated heterocycles. The van der Waals surface area contributed by atoms with E-state index in [1.54, 1.807) is 18.7 Å². The van der Waals surface area contributed by atoms with Gasteiger partial charge in [0.05, 0.1) is 11.6 Å². The van der Waals surface area contributed by atoms with Crippen molar-refractivity contribution in [2.75, 3.05) is 5.32 Å². The lowest BCUT2D eigenvalue weighted by Gasteiger charge is -2.21. The first-order chi connectivity index (χ1) is 13.7. The SMILES string of the molecule is Cn1cnnc1Sc1ccc(C2CC(=O)Nc3n[nH]c(-c4cccnc4)c32)o1. The summed E-state index contributed by atoms with van der Waals surface area (Å²) in [6.07, 6.45) is 5.39. The van der Waals surface area contributed by atoms with E-state index in [9.17, 15) is 4.79 Å². The molecular weight excluding hydrogens is 378 g/mol. The zero-order chi connectivity index (χ0) is 19.1. The van der Waals surface area contributed by atoms with Gasteiger partial charge < -0.3 is 14.3 Å². The molecular formula is C18H15N7O2S. The third kappa shape index (κ3) is 2.87. The zero-order valence-electron chi connectivity index (χ0n) is 14.8. The van der Waals surface area contributed by atoms with Crippen LogP contribution < -0.4 is 5.32 Å². The van der Waals surface area contributed by atoms with Gasteiger partial charge in [-0.1, -0.05) is 0 Å². The smallest absolute Gasteiger partial charge is 0.226 e. The van der Waals surface area contributed by atoms with Crippen molar-refractivity contribution in [3.63, 3.8) is 0 Å². The molecule has 10 heteroatoms. The molecule has 9 nitrogen and oxygen atoms in total. The number of rotatable bonds is 4. The Morgan fingerprint density at radius 2 is 2.25 bits per heavy atom. The predicted molar refractivity (Wildman–Crippen MR) is 101 cm³/mol. The number of furan rings is 1. The van der Waals surface area contributed by atoms with E-state index >= 15 is 0 Å². The Morgan fingerprint density at radius 3 is 3.04 bits per heavy atom. The summed E-state index contributed by atoms with van der Waals surface area (Å²) in [5.74, 6) is 0.888. The number of amides is 1. The van der Waals surface area contributed by atoms with Crippen LogP contribution >= 0.6 is 11.8 Å². The maximum Gasteiger partial charge on any atom is 0.226 e. The first-order valence-electron chi connectivity index (χ1n) is 8.59. The van der Waals surface area contributed by atoms with Gasteiger partial charge in [0.2, 0.25) is 5.91 Å². The van der Waals surface area contributed by atoms with Crippen LogP contribution in [0.1, 0.15) is 23.7 Å². The van der Waals surface area contributed by atoms with Crippen molar-refractivity contribution >= 4 is 23.5 Å². The molecule has 0 fully saturated rings. The lowest BCUT2D eigenvalue weighted by atomic mass is 9.88. The highest BCUT2D eigenvalue weighted by atomic mass is 32.2. The molecule has 0 saturated carbocycles. The Labute approximate surface area is 163 Å². The van der Waals surface area contributed by atoms with Crippen molar-refractivity contribution in [2.45, 2.75) is 22.6 Å². The lowest BCUT2D eigenvalue weighted by molar-refractivity contribution is -0.116. The Kier molecular flexibility index (Phi) is 3.97. The van der Waals surface area contributed by atoms with Gasteiger partial charge in [0.25, 0.3) is 0 Å². The lowest BCUT2D eigenvalue weighted by Crippen LogP contribution is -2.23. The number of fused-ring (bicyclic) bond motifs is 1. The van der Waals surface area contributed by atoms with E-state index in [0.29, 0.717) is 16.7 Å². The standard InChI is InChI=1S/C18H15N7O2S/c1-25-9-20-24-18(25)28-14-5-4-12(27-14)11-7-13(26)21-17-15(11)16(22-23-17)10-3-2-6-19-8-10/h2-6,8-9,11H,7H2,1H3,(H2,21,22,23,26). The van der Waals surface area contributed by atoms with Gasteiger partial charge in [0, 0.05) is 37.0 Å². The minimum absolute atomic E-state index is 0.0966. The Balaban J connectivity index is 1.53. The molecule has 1 aliphatic heterocycles. The van der Waals surface area contributed by atoms with Crippen LogP contribution in [0.5, 0.6) is 0 Å². The number of aromatic amines is 1. The quantitative estimate of drug-likeness (QED) is 0.548. The van der Waals surface area contributed by atoms with E-state index in [2.05, 4.69) is 30.7 Å². The maximum absolute atomic E-state index is 12.2. The van der Waals surface area contributed by atoms with E-state index in [1.807, 2.05) is 35.9 Å². The summed E-state index contributed by atoms with van der Waals surface area (Å²) in [5.41, 5.74) is 2.63. The second-order valence-electron chi connectivity index (χ2n) is 6.39. The second-order valence-corrected chi connectivity index (χ2v) is 7.36. The summed E-state index contributed by atoms with van der Waals surface area (Å²) in [4.78, 5) is 16.4. The number of carbonyl (C=O) groups excluding carboxylic acids is 1. The summed E-state index contributed by atoms with van der Waals surface area (Å²) < 4.78 is 7.88. The molecule has 0 radical (unpaired) electrons. The van der Waals surface area contributed by atoms with Gasteiger partial charge in [0.15, 0.2) is 16.1 Å². The molecule has 5 heterocycles. The minimum Gasteiger partial charge on any atom is -0.454 e. The summed E-state index contributed by atoms with van der Waals surface area (Å²) >= 11 is 1.38. The topological polar surface area (TPSA) is 115 Å². The van der Waals surface area contributed by atoms with Crippen molar-refractivity contribution in [1.29, 1.82) is 0 Å². The molecule has 4 aromatic heterocycles. The molecule has 1 atom stereocenters. The van der Waals surface area contributed by atoms with Gasteiger partial charge in [-0.15, -0.1) is 10.2 Å². The van der Waals surface area contributed by atoms with Crippen molar-refractivity contribution in [3.8, 4) is 11.3 Å². The van der Waals surface area contributed by atoms with Crippen LogP contribution in [0.3, 0.4) is 0 Å². The van der Waals surface area contributed by atoms with Crippen LogP contribution in [0.2, 0.25) is 0 Å². The Bertz CT molecular complexity index is 1150. The molecule has 0 bridgehead atoms. The Hall–Kier alpha value is -3.40. The van der Waals surface area contributed by atoms with E-state index in [-0.39, 0.29) is 18.2 Å². The van der Waals surface area contributed by atoms with E-state index in [0.717, 1.165) is 22.0 Å². The summed E-state index contributed by atoms with van der Waals surface area (Å²) in [5, 5.41) is 19.5. The normalized spacial score (nSPS) is 16.0. The van der Waals surface area contributed by atoms with Crippen LogP contribution in [0.15, 0.2) is 57.7 Å². The number of H-pyrrole nitrogens is 1. The number of pyridine rings is 1. The molecule has 5 rings (SSSR count). The molecule has 4 aromatic rings. The first kappa shape index (κ1) is 16.8. The molecule has 1 unspecified atom stereocenters. The van der Waals surface area contributed by atoms with Gasteiger partial charge in [-0.2, -0.15) is 5.10 Å². The van der Waals surface area contributed by atoms with Gasteiger partial charge in [-0.05, 0) is 36.0 Å². The first-order valence-corrected chi connectivity index (χ1v) is 9.41. The van der Waals surface area contributed by atoms with Gasteiger partial charge in [-0.3, -0.25) is 14.9 Å². The fraction of sp³-hybridized carbons (Fsp3) is 0.167. The number of nitrogens with zero attached hydrogens (tertiary/aromatic N) is 5. The van der Waals surface area contributed by atoms with Crippen molar-refractivity contribution in [2.24, 2.45) is 7.05 Å². The van der Waals surface area contributed by atoms with Crippen LogP contribution in [-0.4, -0.2) is 35.9 Å². The van der Waals surface area contributed by atoms with Gasteiger partial charge >= 0.3 is 0 Å². The summed E-state index contributed by atoms with van der Waals surface area (Å²) in [6, 6.07) is 7.59. The zero-order valence-corrected chi connectivity index (χ0v) is 15.6. The highest BCUT2D eigenvalue weighted by molar-refractivity contribution is 7.99. The number of nitrogens with one attached hydrogen (secondary N) is 2. The van der Waals surface area contributed by atoms with E-state index in [4.69, 9.17) is 4.42 Å². The number of aromatic nitrogens is 6. The fourth-order valence-corrected chi connectivity index (χ4v) is 3.99. The molecule has 0 aliphatic carbocycles. The molecule has 0 aromatic carbocycles. The average molecular weight is 393 g/mol. The molecule has 28 heavy (non-hydrogen) atoms. The van der Waals surface area contributed by atoms with E-state index in [1.165, 1.54) is 11.8 Å². The molecule has 1 aliphatic rings. The number of hydrogen-bond acceptors (Lipinski definition) is 7. The monoisotopic (exact) mass is 393 g/mol. The average Bonchev–Trinajstić information content (AvgIpc) is 3.43. The van der Waals surface area contributed by atoms with Crippen molar-refractivity contribution in [1.82, 2.24) is 29.9 Å². The largest absolute Gasteiger partial charge is 0.454 e. The number of aryl methyl sites for hydroxylation is 1. The number of anilines is 1. The maximum atomic E-state index is 12.2. The van der Waals surface area contributed by atoms with Crippen LogP contribution in [0.25, 0.3) is 11.3 Å². The minimum atomic E-state index is -0.244. The highest BCUT2D eigenvalue weighted by Gasteiger charge is 2.34. The number of carbonyl (C=O) groups is 1. The van der Waals surface area contributed by atoms with Crippen LogP contribution in [0, 0.1) is 0 Å². The third-order valence-corrected chi connectivity index (χ3v) is 5.53. The fourth-order valence-electron chi connectivity index (χ4n) is 3.26. The van der Waals surface area contributed by atoms with Crippen molar-refractivity contribution < 1.29 is 9.21 Å². The van der Waals surface area contributed by atoms with Crippen molar-refractivity contribution in [3.05, 3.63) is 54.3 Å². The van der Waals surface area contributed by atoms with Crippen LogP contribution in [0.4, 0.5) is 5.82 Å². The summed E-state index contributed by atoms with van der Waals surface area (Å²) in [6.45, 7) is 0. The Morgan fingerprint density at radius 1 is 1.32 bits per heavy atom. The predicted octanol–water partition coefficient (Wildman–Crippen LogP) is 2.82. The third-order valence-electron chi connectivity index (χ3n) is 4.56. The molecule has 140 valence electrons. The molecule has 1 amide bonds.